The number of nitrogens with one attached hydrogen (secondary N) is 1. The SMILES string of the molecule is CCC1CN(CC)CCN1C(=O)Nc1cn(C)nc1OCC(F)(F)F. The Morgan fingerprint density at radius 2 is 2.12 bits per heavy atom. The average Bonchev–Trinajstić information content (AvgIpc) is 2.91. The van der Waals surface area contributed by atoms with Gasteiger partial charge in [0.05, 0.1) is 6.20 Å². The topological polar surface area (TPSA) is 62.6 Å². The van der Waals surface area contributed by atoms with Gasteiger partial charge < -0.3 is 15.0 Å². The number of likely N-dealkylation sites (N-methyl/N-ethyl adjacent to an activating group) is 1. The van der Waals surface area contributed by atoms with Crippen LogP contribution < -0.4 is 10.1 Å². The Hall–Kier alpha value is -1.97. The van der Waals surface area contributed by atoms with E-state index in [1.54, 1.807) is 11.9 Å². The van der Waals surface area contributed by atoms with Crippen molar-refractivity contribution in [3.63, 3.8) is 0 Å². The van der Waals surface area contributed by atoms with E-state index in [4.69, 9.17) is 4.74 Å². The van der Waals surface area contributed by atoms with E-state index in [0.717, 1.165) is 26.1 Å². The first-order valence-electron chi connectivity index (χ1n) is 8.26. The molecule has 0 aromatic carbocycles. The molecule has 142 valence electrons. The van der Waals surface area contributed by atoms with Gasteiger partial charge in [-0.05, 0) is 13.0 Å². The molecular formula is C15H24F3N5O2. The molecule has 1 atom stereocenters. The molecule has 0 bridgehead atoms. The molecule has 2 heterocycles. The molecule has 25 heavy (non-hydrogen) atoms. The van der Waals surface area contributed by atoms with E-state index in [9.17, 15) is 18.0 Å². The van der Waals surface area contributed by atoms with Crippen LogP contribution in [0.4, 0.5) is 23.7 Å². The Balaban J connectivity index is 2.05. The van der Waals surface area contributed by atoms with E-state index in [2.05, 4.69) is 22.2 Å². The van der Waals surface area contributed by atoms with Crippen molar-refractivity contribution < 1.29 is 22.7 Å². The molecule has 1 fully saturated rings. The van der Waals surface area contributed by atoms with Gasteiger partial charge in [0.25, 0.3) is 5.88 Å². The van der Waals surface area contributed by atoms with Gasteiger partial charge >= 0.3 is 12.2 Å². The Bertz CT molecular complexity index is 590. The first kappa shape index (κ1) is 19.4. The number of carbonyl (C=O) groups excluding carboxylic acids is 1. The van der Waals surface area contributed by atoms with Crippen LogP contribution in [0.15, 0.2) is 6.20 Å². The van der Waals surface area contributed by atoms with Crippen LogP contribution in [0, 0.1) is 0 Å². The third-order valence-corrected chi connectivity index (χ3v) is 4.16. The van der Waals surface area contributed by atoms with Crippen molar-refractivity contribution in [2.75, 3.05) is 38.1 Å². The number of anilines is 1. The Kier molecular flexibility index (Phi) is 6.15. The molecule has 0 saturated carbocycles. The Morgan fingerprint density at radius 1 is 1.40 bits per heavy atom. The lowest BCUT2D eigenvalue weighted by Crippen LogP contribution is -2.55. The highest BCUT2D eigenvalue weighted by Crippen LogP contribution is 2.25. The summed E-state index contributed by atoms with van der Waals surface area (Å²) in [5.74, 6) is -0.242. The summed E-state index contributed by atoms with van der Waals surface area (Å²) in [6.45, 7) is 5.66. The van der Waals surface area contributed by atoms with E-state index >= 15 is 0 Å². The lowest BCUT2D eigenvalue weighted by molar-refractivity contribution is -0.154. The van der Waals surface area contributed by atoms with Gasteiger partial charge in [-0.25, -0.2) is 4.79 Å². The Morgan fingerprint density at radius 3 is 2.72 bits per heavy atom. The van der Waals surface area contributed by atoms with E-state index in [-0.39, 0.29) is 23.6 Å². The third kappa shape index (κ3) is 5.25. The van der Waals surface area contributed by atoms with Gasteiger partial charge in [-0.15, -0.1) is 5.10 Å². The highest BCUT2D eigenvalue weighted by molar-refractivity contribution is 5.90. The Labute approximate surface area is 144 Å². The molecule has 2 rings (SSSR count). The number of hydrogen-bond donors (Lipinski definition) is 1. The minimum Gasteiger partial charge on any atom is -0.465 e. The maximum Gasteiger partial charge on any atom is 0.422 e. The van der Waals surface area contributed by atoms with Crippen LogP contribution >= 0.6 is 0 Å². The molecule has 1 aromatic heterocycles. The zero-order valence-corrected chi connectivity index (χ0v) is 14.6. The van der Waals surface area contributed by atoms with Gasteiger partial charge in [-0.3, -0.25) is 9.58 Å². The molecule has 0 radical (unpaired) electrons. The number of hydrogen-bond acceptors (Lipinski definition) is 4. The maximum absolute atomic E-state index is 12.6. The van der Waals surface area contributed by atoms with E-state index in [1.165, 1.54) is 10.9 Å². The number of carbonyl (C=O) groups is 1. The van der Waals surface area contributed by atoms with Crippen LogP contribution in [0.2, 0.25) is 0 Å². The minimum atomic E-state index is -4.47. The predicted octanol–water partition coefficient (Wildman–Crippen LogP) is 2.31. The van der Waals surface area contributed by atoms with Gasteiger partial charge in [-0.1, -0.05) is 13.8 Å². The zero-order chi connectivity index (χ0) is 18.6. The summed E-state index contributed by atoms with van der Waals surface area (Å²) in [4.78, 5) is 16.6. The number of alkyl halides is 3. The normalized spacial score (nSPS) is 19.1. The van der Waals surface area contributed by atoms with Crippen LogP contribution in [-0.4, -0.2) is 70.6 Å². The van der Waals surface area contributed by atoms with E-state index in [1.807, 2.05) is 6.92 Å². The standard InChI is InChI=1S/C15H24F3N5O2/c1-4-11-8-22(5-2)6-7-23(11)14(24)19-12-9-21(3)20-13(12)25-10-15(16,17)18/h9,11H,4-8,10H2,1-3H3,(H,19,24). The van der Waals surface area contributed by atoms with Gasteiger partial charge in [0.15, 0.2) is 6.61 Å². The summed E-state index contributed by atoms with van der Waals surface area (Å²) in [6.07, 6.45) is -2.25. The second kappa shape index (κ2) is 7.94. The van der Waals surface area contributed by atoms with Crippen molar-refractivity contribution in [2.24, 2.45) is 7.05 Å². The summed E-state index contributed by atoms with van der Waals surface area (Å²) in [6, 6.07) is -0.294. The molecule has 7 nitrogen and oxygen atoms in total. The fourth-order valence-electron chi connectivity index (χ4n) is 2.82. The number of amides is 2. The van der Waals surface area contributed by atoms with Gasteiger partial charge in [0, 0.05) is 32.7 Å². The fourth-order valence-corrected chi connectivity index (χ4v) is 2.82. The smallest absolute Gasteiger partial charge is 0.422 e. The molecule has 1 aliphatic heterocycles. The van der Waals surface area contributed by atoms with Gasteiger partial charge in [-0.2, -0.15) is 13.2 Å². The summed E-state index contributed by atoms with van der Waals surface area (Å²) in [7, 11) is 1.55. The highest BCUT2D eigenvalue weighted by Gasteiger charge is 2.31. The molecule has 1 N–H and O–H groups in total. The van der Waals surface area contributed by atoms with Gasteiger partial charge in [0.2, 0.25) is 0 Å². The quantitative estimate of drug-likeness (QED) is 0.872. The predicted molar refractivity (Wildman–Crippen MR) is 86.7 cm³/mol. The van der Waals surface area contributed by atoms with Crippen molar-refractivity contribution in [1.82, 2.24) is 19.6 Å². The summed E-state index contributed by atoms with van der Waals surface area (Å²) >= 11 is 0. The van der Waals surface area contributed by atoms with Crippen LogP contribution in [0.3, 0.4) is 0 Å². The third-order valence-electron chi connectivity index (χ3n) is 4.16. The van der Waals surface area contributed by atoms with Crippen molar-refractivity contribution in [1.29, 1.82) is 0 Å². The molecule has 10 heteroatoms. The fraction of sp³-hybridized carbons (Fsp3) is 0.733. The van der Waals surface area contributed by atoms with Crippen molar-refractivity contribution in [2.45, 2.75) is 32.5 Å². The number of nitrogens with zero attached hydrogens (tertiary/aromatic N) is 4. The number of rotatable bonds is 5. The molecule has 0 aliphatic carbocycles. The molecule has 1 aromatic rings. The molecule has 1 unspecified atom stereocenters. The monoisotopic (exact) mass is 363 g/mol. The molecule has 1 saturated heterocycles. The van der Waals surface area contributed by atoms with Crippen LogP contribution in [0.5, 0.6) is 5.88 Å². The maximum atomic E-state index is 12.6. The average molecular weight is 363 g/mol. The number of ether oxygens (including phenoxy) is 1. The van der Waals surface area contributed by atoms with Gasteiger partial charge in [0.1, 0.15) is 5.69 Å². The summed E-state index contributed by atoms with van der Waals surface area (Å²) in [5, 5.41) is 6.46. The number of aryl methyl sites for hydroxylation is 1. The largest absolute Gasteiger partial charge is 0.465 e. The molecular weight excluding hydrogens is 339 g/mol. The first-order valence-corrected chi connectivity index (χ1v) is 8.26. The van der Waals surface area contributed by atoms with Crippen LogP contribution in [-0.2, 0) is 7.05 Å². The van der Waals surface area contributed by atoms with Crippen molar-refractivity contribution in [3.05, 3.63) is 6.20 Å². The summed E-state index contributed by atoms with van der Waals surface area (Å²) < 4.78 is 43.0. The number of halogens is 3. The molecule has 1 aliphatic rings. The first-order chi connectivity index (χ1) is 11.7. The number of aromatic nitrogens is 2. The molecule has 0 spiro atoms. The van der Waals surface area contributed by atoms with E-state index < -0.39 is 12.8 Å². The van der Waals surface area contributed by atoms with Crippen molar-refractivity contribution >= 4 is 11.7 Å². The van der Waals surface area contributed by atoms with E-state index in [0.29, 0.717) is 6.54 Å². The van der Waals surface area contributed by atoms with Crippen LogP contribution in [0.1, 0.15) is 20.3 Å². The second-order valence-electron chi connectivity index (χ2n) is 6.00. The number of urea groups is 1. The summed E-state index contributed by atoms with van der Waals surface area (Å²) in [5.41, 5.74) is 0.129. The van der Waals surface area contributed by atoms with Crippen molar-refractivity contribution in [3.8, 4) is 5.88 Å². The number of piperazine rings is 1. The second-order valence-corrected chi connectivity index (χ2v) is 6.00. The zero-order valence-electron chi connectivity index (χ0n) is 14.6. The lowest BCUT2D eigenvalue weighted by Gasteiger charge is -2.40. The molecule has 2 amide bonds. The minimum absolute atomic E-state index is 0.0601. The highest BCUT2D eigenvalue weighted by atomic mass is 19.4. The van der Waals surface area contributed by atoms with Crippen LogP contribution in [0.25, 0.3) is 0 Å². The lowest BCUT2D eigenvalue weighted by atomic mass is 10.1.